The van der Waals surface area contributed by atoms with E-state index in [1.165, 1.54) is 108 Å². The molecule has 0 radical (unpaired) electrons. The molecule has 0 unspecified atom stereocenters. The first-order valence-electron chi connectivity index (χ1n) is 12.3. The number of hydrogen-bond donors (Lipinski definition) is 2. The van der Waals surface area contributed by atoms with Crippen LogP contribution in [-0.4, -0.2) is 16.0 Å². The third kappa shape index (κ3) is 15.1. The summed E-state index contributed by atoms with van der Waals surface area (Å²) >= 11 is 0. The quantitative estimate of drug-likeness (QED) is 0.177. The molecule has 2 N–H and O–H groups in total. The third-order valence-corrected chi connectivity index (χ3v) is 5.62. The summed E-state index contributed by atoms with van der Waals surface area (Å²) < 4.78 is 0. The van der Waals surface area contributed by atoms with E-state index in [9.17, 15) is 15.0 Å². The van der Waals surface area contributed by atoms with Crippen molar-refractivity contribution in [1.29, 1.82) is 0 Å². The molecule has 170 valence electrons. The second-order valence-corrected chi connectivity index (χ2v) is 8.64. The fraction of sp³-hybridized carbons (Fsp3) is 0.667. The lowest BCUT2D eigenvalue weighted by Gasteiger charge is -2.03. The lowest BCUT2D eigenvalue weighted by Crippen LogP contribution is -1.98. The molecule has 1 aromatic carbocycles. The Morgan fingerprint density at radius 2 is 1.13 bits per heavy atom. The Morgan fingerprint density at radius 3 is 1.60 bits per heavy atom. The van der Waals surface area contributed by atoms with Crippen molar-refractivity contribution in [1.82, 2.24) is 0 Å². The summed E-state index contributed by atoms with van der Waals surface area (Å²) in [6.07, 6.45) is 25.2. The van der Waals surface area contributed by atoms with E-state index >= 15 is 0 Å². The molecule has 0 aliphatic carbocycles. The van der Waals surface area contributed by atoms with E-state index in [0.29, 0.717) is 5.56 Å². The van der Waals surface area contributed by atoms with Gasteiger partial charge in [0.25, 0.3) is 0 Å². The minimum Gasteiger partial charge on any atom is -0.508 e. The maximum absolute atomic E-state index is 11.9. The lowest BCUT2D eigenvalue weighted by molar-refractivity contribution is -0.114. The first-order chi connectivity index (χ1) is 14.6. The zero-order valence-electron chi connectivity index (χ0n) is 19.2. The number of benzene rings is 1. The van der Waals surface area contributed by atoms with Crippen molar-refractivity contribution in [3.63, 3.8) is 0 Å². The number of carbonyl (C=O) groups is 1. The second kappa shape index (κ2) is 18.0. The molecule has 1 aromatic rings. The number of hydrogen-bond acceptors (Lipinski definition) is 3. The number of carbonyl (C=O) groups excluding carboxylic acids is 1. The zero-order valence-corrected chi connectivity index (χ0v) is 19.2. The molecule has 0 amide bonds. The highest BCUT2D eigenvalue weighted by atomic mass is 16.3. The highest BCUT2D eigenvalue weighted by Gasteiger charge is 2.03. The van der Waals surface area contributed by atoms with Crippen molar-refractivity contribution < 1.29 is 15.0 Å². The van der Waals surface area contributed by atoms with Crippen LogP contribution in [0, 0.1) is 0 Å². The van der Waals surface area contributed by atoms with Crippen LogP contribution in [0.1, 0.15) is 115 Å². The van der Waals surface area contributed by atoms with Gasteiger partial charge in [0.1, 0.15) is 11.5 Å². The maximum Gasteiger partial charge on any atom is 0.159 e. The molecule has 1 rings (SSSR count). The number of ketones is 1. The predicted molar refractivity (Wildman–Crippen MR) is 127 cm³/mol. The SMILES string of the molecule is CCCCCCCCCCCCCCCCCC=CC(=O)Cc1cc(O)cc(O)c1. The summed E-state index contributed by atoms with van der Waals surface area (Å²) in [6, 6.07) is 4.29. The number of aromatic hydroxyl groups is 2. The van der Waals surface area contributed by atoms with Gasteiger partial charge in [-0.05, 0) is 36.6 Å². The minimum atomic E-state index is -0.0143. The van der Waals surface area contributed by atoms with Crippen molar-refractivity contribution in [2.75, 3.05) is 0 Å². The number of allylic oxidation sites excluding steroid dienone is 2. The Hall–Kier alpha value is -1.77. The molecule has 30 heavy (non-hydrogen) atoms. The van der Waals surface area contributed by atoms with Crippen LogP contribution < -0.4 is 0 Å². The summed E-state index contributed by atoms with van der Waals surface area (Å²) in [5.74, 6) is -0.0277. The van der Waals surface area contributed by atoms with Crippen LogP contribution in [0.15, 0.2) is 30.4 Å². The van der Waals surface area contributed by atoms with E-state index in [2.05, 4.69) is 6.92 Å². The van der Waals surface area contributed by atoms with Gasteiger partial charge in [-0.15, -0.1) is 0 Å². The summed E-state index contributed by atoms with van der Waals surface area (Å²) in [7, 11) is 0. The van der Waals surface area contributed by atoms with Gasteiger partial charge < -0.3 is 10.2 Å². The largest absolute Gasteiger partial charge is 0.508 e. The fourth-order valence-corrected chi connectivity index (χ4v) is 3.87. The Balaban J connectivity index is 1.88. The molecule has 3 nitrogen and oxygen atoms in total. The summed E-state index contributed by atoms with van der Waals surface area (Å²) in [6.45, 7) is 2.27. The topological polar surface area (TPSA) is 57.5 Å². The molecule has 3 heteroatoms. The summed E-state index contributed by atoms with van der Waals surface area (Å²) in [5.41, 5.74) is 0.633. The molecule has 0 saturated heterocycles. The molecular formula is C27H44O3. The third-order valence-electron chi connectivity index (χ3n) is 5.62. The molecule has 0 heterocycles. The molecule has 0 aliphatic heterocycles. The summed E-state index contributed by atoms with van der Waals surface area (Å²) in [5, 5.41) is 18.9. The van der Waals surface area contributed by atoms with Crippen molar-refractivity contribution in [2.24, 2.45) is 0 Å². The summed E-state index contributed by atoms with van der Waals surface area (Å²) in [4.78, 5) is 11.9. The van der Waals surface area contributed by atoms with Crippen LogP contribution >= 0.6 is 0 Å². The maximum atomic E-state index is 11.9. The molecule has 0 bridgehead atoms. The highest BCUT2D eigenvalue weighted by molar-refractivity contribution is 5.91. The Labute approximate surface area is 184 Å². The van der Waals surface area contributed by atoms with Gasteiger partial charge in [0.2, 0.25) is 0 Å². The molecule has 0 aromatic heterocycles. The Bertz CT molecular complexity index is 572. The average Bonchev–Trinajstić information content (AvgIpc) is 2.69. The monoisotopic (exact) mass is 416 g/mol. The Morgan fingerprint density at radius 1 is 0.700 bits per heavy atom. The van der Waals surface area contributed by atoms with Crippen LogP contribution in [0.2, 0.25) is 0 Å². The van der Waals surface area contributed by atoms with Gasteiger partial charge in [0.15, 0.2) is 5.78 Å². The van der Waals surface area contributed by atoms with Gasteiger partial charge in [0.05, 0.1) is 0 Å². The van der Waals surface area contributed by atoms with E-state index in [0.717, 1.165) is 12.8 Å². The number of rotatable bonds is 19. The van der Waals surface area contributed by atoms with E-state index in [1.54, 1.807) is 6.08 Å². The van der Waals surface area contributed by atoms with Crippen molar-refractivity contribution in [3.05, 3.63) is 35.9 Å². The molecular weight excluding hydrogens is 372 g/mol. The van der Waals surface area contributed by atoms with Crippen LogP contribution in [0.5, 0.6) is 11.5 Å². The molecule has 0 aliphatic rings. The van der Waals surface area contributed by atoms with E-state index in [-0.39, 0.29) is 23.7 Å². The van der Waals surface area contributed by atoms with Gasteiger partial charge in [-0.1, -0.05) is 103 Å². The smallest absolute Gasteiger partial charge is 0.159 e. The van der Waals surface area contributed by atoms with Gasteiger partial charge in [-0.2, -0.15) is 0 Å². The molecule has 0 fully saturated rings. The number of phenolic OH excluding ortho intramolecular Hbond substituents is 2. The molecule has 0 spiro atoms. The van der Waals surface area contributed by atoms with Gasteiger partial charge >= 0.3 is 0 Å². The highest BCUT2D eigenvalue weighted by Crippen LogP contribution is 2.21. The van der Waals surface area contributed by atoms with Gasteiger partial charge in [-0.25, -0.2) is 0 Å². The fourth-order valence-electron chi connectivity index (χ4n) is 3.87. The van der Waals surface area contributed by atoms with Gasteiger partial charge in [0, 0.05) is 12.5 Å². The molecule has 0 saturated carbocycles. The van der Waals surface area contributed by atoms with E-state index < -0.39 is 0 Å². The van der Waals surface area contributed by atoms with Crippen molar-refractivity contribution in [2.45, 2.75) is 116 Å². The van der Waals surface area contributed by atoms with E-state index in [1.807, 2.05) is 6.08 Å². The Kier molecular flexibility index (Phi) is 15.8. The van der Waals surface area contributed by atoms with Crippen LogP contribution in [0.25, 0.3) is 0 Å². The zero-order chi connectivity index (χ0) is 21.9. The van der Waals surface area contributed by atoms with Crippen molar-refractivity contribution in [3.8, 4) is 11.5 Å². The van der Waals surface area contributed by atoms with Crippen LogP contribution in [0.3, 0.4) is 0 Å². The predicted octanol–water partition coefficient (Wildman–Crippen LogP) is 8.03. The van der Waals surface area contributed by atoms with Crippen molar-refractivity contribution >= 4 is 5.78 Å². The number of unbranched alkanes of at least 4 members (excludes halogenated alkanes) is 15. The van der Waals surface area contributed by atoms with Gasteiger partial charge in [-0.3, -0.25) is 4.79 Å². The minimum absolute atomic E-state index is 0.000888. The standard InChI is InChI=1S/C27H44O3/c1-2-3-4-5-6-7-8-9-10-11-12-13-14-15-16-17-18-19-25(28)20-24-21-26(29)23-27(30)22-24/h18-19,21-23,29-30H,2-17,20H2,1H3. The first kappa shape index (κ1) is 26.3. The van der Waals surface area contributed by atoms with Crippen LogP contribution in [-0.2, 0) is 11.2 Å². The lowest BCUT2D eigenvalue weighted by atomic mass is 10.0. The van der Waals surface area contributed by atoms with Crippen LogP contribution in [0.4, 0.5) is 0 Å². The molecule has 0 atom stereocenters. The second-order valence-electron chi connectivity index (χ2n) is 8.64. The normalized spacial score (nSPS) is 11.4. The average molecular weight is 417 g/mol. The number of phenols is 2. The van der Waals surface area contributed by atoms with E-state index in [4.69, 9.17) is 0 Å². The first-order valence-corrected chi connectivity index (χ1v) is 12.3.